The Kier molecular flexibility index (Phi) is 7.91. The van der Waals surface area contributed by atoms with Gasteiger partial charge in [0, 0.05) is 34.0 Å². The van der Waals surface area contributed by atoms with E-state index in [4.69, 9.17) is 0 Å². The van der Waals surface area contributed by atoms with Crippen LogP contribution in [0.5, 0.6) is 0 Å². The molecule has 0 heterocycles. The number of hydrogen-bond acceptors (Lipinski definition) is 2. The van der Waals surface area contributed by atoms with Crippen LogP contribution in [0.2, 0.25) is 0 Å². The summed E-state index contributed by atoms with van der Waals surface area (Å²) in [5.74, 6) is 0. The van der Waals surface area contributed by atoms with Crippen LogP contribution in [0.15, 0.2) is 212 Å². The minimum Gasteiger partial charge on any atom is -0.314 e. The first-order chi connectivity index (χ1) is 25.3. The van der Waals surface area contributed by atoms with Gasteiger partial charge in [-0.25, -0.2) is 0 Å². The van der Waals surface area contributed by atoms with Crippen molar-refractivity contribution < 1.29 is 0 Å². The first-order valence-electron chi connectivity index (χ1n) is 17.8. The van der Waals surface area contributed by atoms with E-state index in [0.29, 0.717) is 0 Å². The van der Waals surface area contributed by atoms with E-state index in [1.165, 1.54) is 44.8 Å². The Morgan fingerprint density at radius 2 is 0.961 bits per heavy atom. The number of para-hydroxylation sites is 3. The van der Waals surface area contributed by atoms with E-state index in [-0.39, 0.29) is 0 Å². The summed E-state index contributed by atoms with van der Waals surface area (Å²) in [5.41, 5.74) is 14.1. The molecule has 2 aliphatic carbocycles. The quantitative estimate of drug-likeness (QED) is 0.161. The first-order valence-corrected chi connectivity index (χ1v) is 17.8. The Morgan fingerprint density at radius 3 is 1.49 bits per heavy atom. The molecule has 0 aromatic heterocycles. The van der Waals surface area contributed by atoms with Crippen molar-refractivity contribution in [1.82, 2.24) is 0 Å². The van der Waals surface area contributed by atoms with Gasteiger partial charge in [0.15, 0.2) is 0 Å². The predicted molar refractivity (Wildman–Crippen MR) is 213 cm³/mol. The molecule has 0 spiro atoms. The predicted octanol–water partition coefficient (Wildman–Crippen LogP) is 12.9. The summed E-state index contributed by atoms with van der Waals surface area (Å²) in [6.07, 6.45) is 8.74. The van der Waals surface area contributed by atoms with Crippen molar-refractivity contribution in [2.75, 3.05) is 9.80 Å². The number of fused-ring (bicyclic) bond motifs is 3. The highest BCUT2D eigenvalue weighted by Crippen LogP contribution is 2.60. The van der Waals surface area contributed by atoms with Gasteiger partial charge in [-0.15, -0.1) is 0 Å². The van der Waals surface area contributed by atoms with Crippen molar-refractivity contribution >= 4 is 28.4 Å². The maximum absolute atomic E-state index is 2.47. The number of rotatable bonds is 8. The van der Waals surface area contributed by atoms with E-state index >= 15 is 0 Å². The molecular weight excluding hydrogens is 617 g/mol. The van der Waals surface area contributed by atoms with Gasteiger partial charge in [-0.1, -0.05) is 146 Å². The van der Waals surface area contributed by atoms with Crippen LogP contribution < -0.4 is 9.80 Å². The Morgan fingerprint density at radius 1 is 0.431 bits per heavy atom. The summed E-state index contributed by atoms with van der Waals surface area (Å²) >= 11 is 0. The zero-order valence-electron chi connectivity index (χ0n) is 28.4. The van der Waals surface area contributed by atoms with Crippen molar-refractivity contribution in [3.05, 3.63) is 234 Å². The molecule has 0 unspecified atom stereocenters. The molecule has 9 rings (SSSR count). The van der Waals surface area contributed by atoms with Crippen molar-refractivity contribution in [3.63, 3.8) is 0 Å². The van der Waals surface area contributed by atoms with Crippen molar-refractivity contribution in [2.24, 2.45) is 0 Å². The van der Waals surface area contributed by atoms with Crippen LogP contribution in [0.1, 0.15) is 35.1 Å². The van der Waals surface area contributed by atoms with Crippen LogP contribution in [0, 0.1) is 0 Å². The van der Waals surface area contributed by atoms with E-state index < -0.39 is 5.41 Å². The lowest BCUT2D eigenvalue weighted by atomic mass is 9.67. The molecule has 0 bridgehead atoms. The lowest BCUT2D eigenvalue weighted by Crippen LogP contribution is -2.29. The number of benzene rings is 7. The van der Waals surface area contributed by atoms with Gasteiger partial charge in [-0.2, -0.15) is 0 Å². The van der Waals surface area contributed by atoms with E-state index in [1.807, 2.05) is 0 Å². The van der Waals surface area contributed by atoms with Crippen LogP contribution in [0.3, 0.4) is 0 Å². The highest BCUT2D eigenvalue weighted by molar-refractivity contribution is 5.98. The molecule has 7 aromatic carbocycles. The maximum atomic E-state index is 2.47. The molecule has 0 amide bonds. The minimum atomic E-state index is -0.554. The zero-order valence-corrected chi connectivity index (χ0v) is 28.4. The highest BCUT2D eigenvalue weighted by Gasteiger charge is 2.47. The number of allylic oxidation sites excluding steroid dienone is 4. The number of anilines is 5. The summed E-state index contributed by atoms with van der Waals surface area (Å²) in [7, 11) is 0. The second kappa shape index (κ2) is 13.2. The molecule has 0 fully saturated rings. The highest BCUT2D eigenvalue weighted by atomic mass is 15.2. The topological polar surface area (TPSA) is 6.48 Å². The monoisotopic (exact) mass is 654 g/mol. The molecule has 0 saturated carbocycles. The summed E-state index contributed by atoms with van der Waals surface area (Å²) in [6, 6.07) is 68.6. The summed E-state index contributed by atoms with van der Waals surface area (Å²) < 4.78 is 0. The molecule has 0 saturated heterocycles. The molecule has 0 atom stereocenters. The molecule has 7 aromatic rings. The van der Waals surface area contributed by atoms with Gasteiger partial charge in [0.1, 0.15) is 0 Å². The first kappa shape index (κ1) is 30.7. The average Bonchev–Trinajstić information content (AvgIpc) is 3.51. The molecule has 0 radical (unpaired) electrons. The molecule has 0 N–H and O–H groups in total. The molecular formula is C49H38N2. The molecule has 2 aliphatic rings. The fourth-order valence-electron chi connectivity index (χ4n) is 8.25. The van der Waals surface area contributed by atoms with Crippen LogP contribution in [0.4, 0.5) is 28.4 Å². The van der Waals surface area contributed by atoms with Gasteiger partial charge >= 0.3 is 0 Å². The second-order valence-electron chi connectivity index (χ2n) is 13.2. The Labute approximate surface area is 300 Å². The third-order valence-corrected chi connectivity index (χ3v) is 10.4. The van der Waals surface area contributed by atoms with Crippen LogP contribution in [0.25, 0.3) is 11.1 Å². The van der Waals surface area contributed by atoms with Crippen molar-refractivity contribution in [3.8, 4) is 11.1 Å². The lowest BCUT2D eigenvalue weighted by molar-refractivity contribution is 0.768. The molecule has 2 heteroatoms. The molecule has 244 valence electrons. The summed E-state index contributed by atoms with van der Waals surface area (Å²) in [5, 5.41) is 0. The van der Waals surface area contributed by atoms with E-state index in [9.17, 15) is 0 Å². The Bertz CT molecular complexity index is 2270. The summed E-state index contributed by atoms with van der Waals surface area (Å²) in [4.78, 5) is 4.87. The molecule has 51 heavy (non-hydrogen) atoms. The van der Waals surface area contributed by atoms with Crippen LogP contribution >= 0.6 is 0 Å². The Balaban J connectivity index is 1.38. The fraction of sp³-hybridized carbons (Fsp3) is 0.0612. The van der Waals surface area contributed by atoms with Gasteiger partial charge in [0.2, 0.25) is 0 Å². The standard InChI is InChI=1S/C49H38N2/c1-7-20-37(21-8-1)49(38-22-9-2-10-23-38)45-32-19-33-47(51(41-28-15-5-16-29-41)42-30-17-6-18-31-42)48(45)44-35-34-43(36-46(44)49)50(39-24-11-3-12-25-39)40-26-13-4-14-27-40/h1-13,15-26,28-36H,14,27H2. The van der Waals surface area contributed by atoms with Gasteiger partial charge in [0.25, 0.3) is 0 Å². The van der Waals surface area contributed by atoms with E-state index in [0.717, 1.165) is 35.6 Å². The smallest absolute Gasteiger partial charge is 0.0715 e. The fourth-order valence-corrected chi connectivity index (χ4v) is 8.25. The van der Waals surface area contributed by atoms with Crippen molar-refractivity contribution in [1.29, 1.82) is 0 Å². The van der Waals surface area contributed by atoms with E-state index in [1.54, 1.807) is 0 Å². The third-order valence-electron chi connectivity index (χ3n) is 10.4. The molecule has 0 aliphatic heterocycles. The maximum Gasteiger partial charge on any atom is 0.0715 e. The lowest BCUT2D eigenvalue weighted by Gasteiger charge is -2.35. The second-order valence-corrected chi connectivity index (χ2v) is 13.2. The molecule has 2 nitrogen and oxygen atoms in total. The zero-order chi connectivity index (χ0) is 34.0. The minimum absolute atomic E-state index is 0.554. The Hall–Kier alpha value is -6.38. The van der Waals surface area contributed by atoms with Gasteiger partial charge < -0.3 is 9.80 Å². The van der Waals surface area contributed by atoms with Gasteiger partial charge in [-0.3, -0.25) is 0 Å². The van der Waals surface area contributed by atoms with Gasteiger partial charge in [0.05, 0.1) is 11.1 Å². The van der Waals surface area contributed by atoms with Gasteiger partial charge in [-0.05, 0) is 101 Å². The third kappa shape index (κ3) is 5.19. The van der Waals surface area contributed by atoms with Crippen molar-refractivity contribution in [2.45, 2.75) is 18.3 Å². The average molecular weight is 655 g/mol. The number of nitrogens with zero attached hydrogens (tertiary/aromatic N) is 2. The normalized spacial score (nSPS) is 13.9. The SMILES string of the molecule is C1=CCCC(N(c2ccccc2)c2ccc3c(c2)C(c2ccccc2)(c2ccccc2)c2cccc(N(c4ccccc4)c4ccccc4)c2-3)=C1. The van der Waals surface area contributed by atoms with Crippen LogP contribution in [-0.2, 0) is 5.41 Å². The number of hydrogen-bond donors (Lipinski definition) is 0. The van der Waals surface area contributed by atoms with E-state index in [2.05, 4.69) is 216 Å². The summed E-state index contributed by atoms with van der Waals surface area (Å²) in [6.45, 7) is 0. The van der Waals surface area contributed by atoms with Crippen LogP contribution in [-0.4, -0.2) is 0 Å². The largest absolute Gasteiger partial charge is 0.314 e.